The molecule has 1 saturated heterocycles. The van der Waals surface area contributed by atoms with Crippen LogP contribution in [0.25, 0.3) is 11.1 Å². The standard InChI is InChI=1S/C31H38F3N5O2/c1-20(21-2-4-22(5-3-21)24-9-11-28(36-18-24)38-30(41)23-6-7-23)16-29(40)37-26-10-8-25(27(17-26)31(32,33)34)19-39-14-12-35-13-15-39/h2-5,9,11,17-18,20,23,29,35,37,40H,6-8,10,12-16,19H2,1H3,(H,36,38,41)/t20-,29?/m0/s1. The van der Waals surface area contributed by atoms with Gasteiger partial charge in [-0.1, -0.05) is 31.2 Å². The molecule has 7 nitrogen and oxygen atoms in total. The summed E-state index contributed by atoms with van der Waals surface area (Å²) in [5.41, 5.74) is 3.16. The van der Waals surface area contributed by atoms with Crippen LogP contribution in [-0.4, -0.2) is 66.0 Å². The quantitative estimate of drug-likeness (QED) is 0.303. The van der Waals surface area contributed by atoms with Crippen LogP contribution in [0.5, 0.6) is 0 Å². The molecule has 3 aliphatic rings. The number of allylic oxidation sites excluding steroid dienone is 3. The number of amides is 1. The van der Waals surface area contributed by atoms with Crippen LogP contribution in [0, 0.1) is 5.92 Å². The van der Waals surface area contributed by atoms with Gasteiger partial charge in [0.1, 0.15) is 12.0 Å². The molecule has 0 radical (unpaired) electrons. The van der Waals surface area contributed by atoms with Gasteiger partial charge in [0.2, 0.25) is 5.91 Å². The number of rotatable bonds is 10. The predicted molar refractivity (Wildman–Crippen MR) is 153 cm³/mol. The number of anilines is 1. The number of aliphatic hydroxyl groups excluding tert-OH is 1. The van der Waals surface area contributed by atoms with Crippen molar-refractivity contribution in [1.29, 1.82) is 0 Å². The van der Waals surface area contributed by atoms with Gasteiger partial charge in [-0.2, -0.15) is 13.2 Å². The van der Waals surface area contributed by atoms with Gasteiger partial charge < -0.3 is 21.1 Å². The Morgan fingerprint density at radius 3 is 2.44 bits per heavy atom. The third-order valence-corrected chi connectivity index (χ3v) is 8.03. The Morgan fingerprint density at radius 2 is 1.80 bits per heavy atom. The molecule has 2 atom stereocenters. The number of aliphatic hydroxyl groups is 1. The van der Waals surface area contributed by atoms with E-state index in [1.807, 2.05) is 37.3 Å². The van der Waals surface area contributed by atoms with Crippen LogP contribution in [0.1, 0.15) is 50.5 Å². The van der Waals surface area contributed by atoms with E-state index in [2.05, 4.69) is 25.8 Å². The first-order valence-electron chi connectivity index (χ1n) is 14.4. The van der Waals surface area contributed by atoms with E-state index in [-0.39, 0.29) is 17.7 Å². The second kappa shape index (κ2) is 12.8. The molecule has 1 aromatic carbocycles. The Balaban J connectivity index is 1.16. The summed E-state index contributed by atoms with van der Waals surface area (Å²) in [5, 5.41) is 19.7. The lowest BCUT2D eigenvalue weighted by atomic mass is 9.93. The van der Waals surface area contributed by atoms with Crippen molar-refractivity contribution in [3.05, 3.63) is 71.1 Å². The van der Waals surface area contributed by atoms with Crippen LogP contribution < -0.4 is 16.0 Å². The highest BCUT2D eigenvalue weighted by molar-refractivity contribution is 5.93. The number of piperazine rings is 1. The summed E-state index contributed by atoms with van der Waals surface area (Å²) in [6.07, 6.45) is 0.502. The highest BCUT2D eigenvalue weighted by atomic mass is 19.4. The van der Waals surface area contributed by atoms with E-state index in [0.29, 0.717) is 42.9 Å². The van der Waals surface area contributed by atoms with Gasteiger partial charge in [0.25, 0.3) is 0 Å². The number of benzene rings is 1. The largest absolute Gasteiger partial charge is 0.416 e. The van der Waals surface area contributed by atoms with E-state index in [9.17, 15) is 23.1 Å². The molecule has 41 heavy (non-hydrogen) atoms. The molecule has 1 amide bonds. The van der Waals surface area contributed by atoms with Crippen LogP contribution in [-0.2, 0) is 4.79 Å². The topological polar surface area (TPSA) is 89.5 Å². The molecule has 1 saturated carbocycles. The first-order valence-corrected chi connectivity index (χ1v) is 14.4. The molecule has 220 valence electrons. The van der Waals surface area contributed by atoms with E-state index in [1.165, 1.54) is 6.08 Å². The minimum Gasteiger partial charge on any atom is -0.374 e. The fraction of sp³-hybridized carbons (Fsp3) is 0.484. The average Bonchev–Trinajstić information content (AvgIpc) is 3.80. The smallest absolute Gasteiger partial charge is 0.374 e. The van der Waals surface area contributed by atoms with Crippen LogP contribution in [0.3, 0.4) is 0 Å². The summed E-state index contributed by atoms with van der Waals surface area (Å²) in [4.78, 5) is 18.3. The normalized spacial score (nSPS) is 19.9. The molecule has 2 fully saturated rings. The van der Waals surface area contributed by atoms with Crippen molar-refractivity contribution >= 4 is 11.7 Å². The van der Waals surface area contributed by atoms with Crippen LogP contribution in [0.15, 0.2) is 65.5 Å². The molecule has 1 aliphatic heterocycles. The van der Waals surface area contributed by atoms with Gasteiger partial charge in [-0.3, -0.25) is 9.69 Å². The van der Waals surface area contributed by atoms with Crippen LogP contribution in [0.2, 0.25) is 0 Å². The van der Waals surface area contributed by atoms with Crippen molar-refractivity contribution in [2.75, 3.05) is 38.0 Å². The Hall–Kier alpha value is -3.21. The number of halogens is 3. The maximum atomic E-state index is 13.9. The van der Waals surface area contributed by atoms with E-state index >= 15 is 0 Å². The lowest BCUT2D eigenvalue weighted by Crippen LogP contribution is -2.44. The first-order chi connectivity index (χ1) is 19.7. The minimum absolute atomic E-state index is 0.0187. The van der Waals surface area contributed by atoms with E-state index < -0.39 is 18.0 Å². The summed E-state index contributed by atoms with van der Waals surface area (Å²) >= 11 is 0. The summed E-state index contributed by atoms with van der Waals surface area (Å²) < 4.78 is 41.7. The molecule has 4 N–H and O–H groups in total. The second-order valence-electron chi connectivity index (χ2n) is 11.3. The second-order valence-corrected chi connectivity index (χ2v) is 11.3. The Morgan fingerprint density at radius 1 is 1.10 bits per heavy atom. The van der Waals surface area contributed by atoms with E-state index in [4.69, 9.17) is 0 Å². The lowest BCUT2D eigenvalue weighted by Gasteiger charge is -2.31. The SMILES string of the molecule is C[C@@H](CC(O)NC1=CC(C(F)(F)F)=C(CN2CCNCC2)CC1)c1ccc(-c2ccc(NC(=O)C3CC3)nc2)cc1. The van der Waals surface area contributed by atoms with Gasteiger partial charge in [-0.15, -0.1) is 0 Å². The third kappa shape index (κ3) is 7.96. The summed E-state index contributed by atoms with van der Waals surface area (Å²) in [6.45, 7) is 5.37. The average molecular weight is 570 g/mol. The van der Waals surface area contributed by atoms with E-state index in [1.54, 1.807) is 12.3 Å². The number of nitrogens with zero attached hydrogens (tertiary/aromatic N) is 2. The van der Waals surface area contributed by atoms with Crippen molar-refractivity contribution in [3.8, 4) is 11.1 Å². The fourth-order valence-electron chi connectivity index (χ4n) is 5.43. The van der Waals surface area contributed by atoms with Gasteiger partial charge in [-0.25, -0.2) is 4.98 Å². The Kier molecular flexibility index (Phi) is 9.11. The van der Waals surface area contributed by atoms with Gasteiger partial charge in [0.05, 0.1) is 5.57 Å². The zero-order chi connectivity index (χ0) is 29.0. The number of aromatic nitrogens is 1. The molecule has 1 aromatic heterocycles. The lowest BCUT2D eigenvalue weighted by molar-refractivity contribution is -0.117. The Bertz CT molecular complexity index is 1260. The van der Waals surface area contributed by atoms with Gasteiger partial charge in [0, 0.05) is 56.1 Å². The minimum atomic E-state index is -4.43. The van der Waals surface area contributed by atoms with Gasteiger partial charge >= 0.3 is 6.18 Å². The molecule has 2 heterocycles. The molecule has 2 aliphatic carbocycles. The monoisotopic (exact) mass is 569 g/mol. The highest BCUT2D eigenvalue weighted by Gasteiger charge is 2.37. The fourth-order valence-corrected chi connectivity index (χ4v) is 5.43. The Labute approximate surface area is 238 Å². The summed E-state index contributed by atoms with van der Waals surface area (Å²) in [6, 6.07) is 11.6. The summed E-state index contributed by atoms with van der Waals surface area (Å²) in [7, 11) is 0. The van der Waals surface area contributed by atoms with Crippen molar-refractivity contribution in [1.82, 2.24) is 20.5 Å². The zero-order valence-corrected chi connectivity index (χ0v) is 23.3. The zero-order valence-electron chi connectivity index (χ0n) is 23.3. The number of carbonyl (C=O) groups excluding carboxylic acids is 1. The number of pyridine rings is 1. The number of carbonyl (C=O) groups is 1. The third-order valence-electron chi connectivity index (χ3n) is 8.03. The van der Waals surface area contributed by atoms with Crippen molar-refractivity contribution in [2.24, 2.45) is 5.92 Å². The van der Waals surface area contributed by atoms with Gasteiger partial charge in [0.15, 0.2) is 0 Å². The predicted octanol–water partition coefficient (Wildman–Crippen LogP) is 4.94. The summed E-state index contributed by atoms with van der Waals surface area (Å²) in [5.74, 6) is 0.662. The maximum absolute atomic E-state index is 13.9. The van der Waals surface area contributed by atoms with Crippen LogP contribution >= 0.6 is 0 Å². The maximum Gasteiger partial charge on any atom is 0.416 e. The number of hydrogen-bond acceptors (Lipinski definition) is 6. The molecule has 5 rings (SSSR count). The molecule has 0 spiro atoms. The number of hydrogen-bond donors (Lipinski definition) is 4. The number of alkyl halides is 3. The highest BCUT2D eigenvalue weighted by Crippen LogP contribution is 2.36. The first kappa shape index (κ1) is 29.3. The van der Waals surface area contributed by atoms with Crippen LogP contribution in [0.4, 0.5) is 19.0 Å². The molecule has 1 unspecified atom stereocenters. The van der Waals surface area contributed by atoms with E-state index in [0.717, 1.165) is 55.7 Å². The number of nitrogens with one attached hydrogen (secondary N) is 3. The molecule has 10 heteroatoms. The van der Waals surface area contributed by atoms with Crippen molar-refractivity contribution in [2.45, 2.75) is 57.3 Å². The van der Waals surface area contributed by atoms with Crippen molar-refractivity contribution < 1.29 is 23.1 Å². The van der Waals surface area contributed by atoms with Crippen molar-refractivity contribution in [3.63, 3.8) is 0 Å². The van der Waals surface area contributed by atoms with Gasteiger partial charge in [-0.05, 0) is 72.9 Å². The molecule has 0 bridgehead atoms. The molecular formula is C31H38F3N5O2. The molecular weight excluding hydrogens is 531 g/mol. The molecule has 2 aromatic rings.